The van der Waals surface area contributed by atoms with Crippen LogP contribution in [-0.2, 0) is 0 Å². The van der Waals surface area contributed by atoms with Crippen molar-refractivity contribution in [3.8, 4) is 34.4 Å². The van der Waals surface area contributed by atoms with Crippen LogP contribution in [0.5, 0.6) is 11.5 Å². The molecule has 0 radical (unpaired) electrons. The average Bonchev–Trinajstić information content (AvgIpc) is 3.34. The number of benzene rings is 4. The highest BCUT2D eigenvalue weighted by atomic mass is 16.5. The third-order valence-corrected chi connectivity index (χ3v) is 5.23. The van der Waals surface area contributed by atoms with E-state index < -0.39 is 0 Å². The Bertz CT molecular complexity index is 1330. The van der Waals surface area contributed by atoms with Crippen LogP contribution >= 0.6 is 0 Å². The van der Waals surface area contributed by atoms with E-state index in [1.54, 1.807) is 0 Å². The number of fused-ring (bicyclic) bond motifs is 2. The molecule has 1 aromatic heterocycles. The molecule has 2 heterocycles. The van der Waals surface area contributed by atoms with Crippen LogP contribution in [0.25, 0.3) is 22.9 Å². The fourth-order valence-corrected chi connectivity index (χ4v) is 3.80. The Hall–Kier alpha value is -4.38. The second-order valence-corrected chi connectivity index (χ2v) is 7.20. The Morgan fingerprint density at radius 2 is 1.13 bits per heavy atom. The molecule has 1 aliphatic rings. The van der Waals surface area contributed by atoms with E-state index in [0.29, 0.717) is 11.8 Å². The minimum Gasteiger partial charge on any atom is -0.453 e. The Labute approximate surface area is 179 Å². The lowest BCUT2D eigenvalue weighted by molar-refractivity contribution is 0.477. The molecule has 6 rings (SSSR count). The molecular weight excluding hydrogens is 386 g/mol. The second-order valence-electron chi connectivity index (χ2n) is 7.20. The molecule has 0 amide bonds. The van der Waals surface area contributed by atoms with Crippen LogP contribution in [0.2, 0.25) is 0 Å². The van der Waals surface area contributed by atoms with Gasteiger partial charge in [-0.2, -0.15) is 0 Å². The van der Waals surface area contributed by atoms with Gasteiger partial charge in [0.1, 0.15) is 0 Å². The minimum atomic E-state index is 0.482. The smallest absolute Gasteiger partial charge is 0.248 e. The van der Waals surface area contributed by atoms with Crippen LogP contribution in [-0.4, -0.2) is 10.2 Å². The third-order valence-electron chi connectivity index (χ3n) is 5.23. The first-order valence-corrected chi connectivity index (χ1v) is 10.0. The monoisotopic (exact) mass is 403 g/mol. The van der Waals surface area contributed by atoms with E-state index in [0.717, 1.165) is 39.7 Å². The Kier molecular flexibility index (Phi) is 4.03. The normalized spacial score (nSPS) is 12.1. The molecule has 0 unspecified atom stereocenters. The molecule has 0 saturated carbocycles. The molecule has 0 bridgehead atoms. The van der Waals surface area contributed by atoms with E-state index >= 15 is 0 Å². The molecule has 1 aliphatic heterocycles. The predicted octanol–water partition coefficient (Wildman–Crippen LogP) is 6.98. The van der Waals surface area contributed by atoms with Gasteiger partial charge >= 0.3 is 0 Å². The van der Waals surface area contributed by atoms with Crippen LogP contribution in [0.15, 0.2) is 108 Å². The maximum atomic E-state index is 6.11. The summed E-state index contributed by atoms with van der Waals surface area (Å²) in [7, 11) is 0. The van der Waals surface area contributed by atoms with Gasteiger partial charge in [-0.1, -0.05) is 48.5 Å². The van der Waals surface area contributed by atoms with Gasteiger partial charge in [-0.15, -0.1) is 10.2 Å². The minimum absolute atomic E-state index is 0.482. The lowest BCUT2D eigenvalue weighted by atomic mass is 10.1. The van der Waals surface area contributed by atoms with Crippen LogP contribution in [0, 0.1) is 0 Å². The van der Waals surface area contributed by atoms with Crippen molar-refractivity contribution in [3.63, 3.8) is 0 Å². The average molecular weight is 403 g/mol. The SMILES string of the molecule is c1ccc(-c2nnc(-c3cccc(N4c5ccccc5Oc5ccccc54)c3)o2)cc1. The van der Waals surface area contributed by atoms with E-state index in [1.807, 2.05) is 78.9 Å². The summed E-state index contributed by atoms with van der Waals surface area (Å²) in [5.74, 6) is 2.62. The Morgan fingerprint density at radius 3 is 1.84 bits per heavy atom. The summed E-state index contributed by atoms with van der Waals surface area (Å²) >= 11 is 0. The van der Waals surface area contributed by atoms with Gasteiger partial charge < -0.3 is 14.1 Å². The van der Waals surface area contributed by atoms with Gasteiger partial charge in [0.2, 0.25) is 11.8 Å². The fraction of sp³-hybridized carbons (Fsp3) is 0. The van der Waals surface area contributed by atoms with E-state index in [-0.39, 0.29) is 0 Å². The van der Waals surface area contributed by atoms with E-state index in [1.165, 1.54) is 0 Å². The summed E-state index contributed by atoms with van der Waals surface area (Å²) in [6.07, 6.45) is 0. The van der Waals surface area contributed by atoms with Crippen molar-refractivity contribution in [3.05, 3.63) is 103 Å². The van der Waals surface area contributed by atoms with Crippen LogP contribution < -0.4 is 9.64 Å². The summed E-state index contributed by atoms with van der Waals surface area (Å²) in [6, 6.07) is 33.9. The standard InChI is InChI=1S/C26H17N3O2/c1-2-9-18(10-3-1)25-27-28-26(31-25)19-11-8-12-20(17-19)29-21-13-4-6-15-23(21)30-24-16-7-5-14-22(24)29/h1-17H. The fourth-order valence-electron chi connectivity index (χ4n) is 3.80. The van der Waals surface area contributed by atoms with Crippen LogP contribution in [0.4, 0.5) is 17.1 Å². The molecule has 0 saturated heterocycles. The largest absolute Gasteiger partial charge is 0.453 e. The molecule has 5 heteroatoms. The first-order valence-electron chi connectivity index (χ1n) is 10.0. The summed E-state index contributed by atoms with van der Waals surface area (Å²) < 4.78 is 12.1. The number of ether oxygens (including phenoxy) is 1. The number of nitrogens with zero attached hydrogens (tertiary/aromatic N) is 3. The Balaban J connectivity index is 1.44. The zero-order valence-corrected chi connectivity index (χ0v) is 16.5. The zero-order valence-electron chi connectivity index (χ0n) is 16.5. The molecule has 0 N–H and O–H groups in total. The van der Waals surface area contributed by atoms with Crippen LogP contribution in [0.1, 0.15) is 0 Å². The van der Waals surface area contributed by atoms with Crippen molar-refractivity contribution < 1.29 is 9.15 Å². The first-order chi connectivity index (χ1) is 15.4. The van der Waals surface area contributed by atoms with Crippen molar-refractivity contribution >= 4 is 17.1 Å². The highest BCUT2D eigenvalue weighted by Crippen LogP contribution is 2.50. The lowest BCUT2D eigenvalue weighted by Gasteiger charge is -2.32. The van der Waals surface area contributed by atoms with Crippen molar-refractivity contribution in [2.24, 2.45) is 0 Å². The van der Waals surface area contributed by atoms with E-state index in [4.69, 9.17) is 9.15 Å². The summed E-state index contributed by atoms with van der Waals surface area (Å²) in [6.45, 7) is 0. The van der Waals surface area contributed by atoms with Crippen LogP contribution in [0.3, 0.4) is 0 Å². The maximum absolute atomic E-state index is 6.11. The van der Waals surface area contributed by atoms with Gasteiger partial charge in [0.15, 0.2) is 11.5 Å². The molecule has 5 aromatic rings. The van der Waals surface area contributed by atoms with E-state index in [2.05, 4.69) is 39.4 Å². The number of rotatable bonds is 3. The molecular formula is C26H17N3O2. The number of aromatic nitrogens is 2. The van der Waals surface area contributed by atoms with Gasteiger partial charge in [0, 0.05) is 16.8 Å². The summed E-state index contributed by atoms with van der Waals surface area (Å²) in [5.41, 5.74) is 4.70. The van der Waals surface area contributed by atoms with Gasteiger partial charge in [0.05, 0.1) is 11.4 Å². The first kappa shape index (κ1) is 17.5. The van der Waals surface area contributed by atoms with Crippen molar-refractivity contribution in [1.82, 2.24) is 10.2 Å². The van der Waals surface area contributed by atoms with E-state index in [9.17, 15) is 0 Å². The lowest BCUT2D eigenvalue weighted by Crippen LogP contribution is -2.15. The van der Waals surface area contributed by atoms with Crippen molar-refractivity contribution in [2.75, 3.05) is 4.90 Å². The molecule has 0 fully saturated rings. The second kappa shape index (κ2) is 7.15. The zero-order chi connectivity index (χ0) is 20.6. The number of hydrogen-bond acceptors (Lipinski definition) is 5. The molecule has 5 nitrogen and oxygen atoms in total. The number of hydrogen-bond donors (Lipinski definition) is 0. The quantitative estimate of drug-likeness (QED) is 0.319. The number of para-hydroxylation sites is 4. The van der Waals surface area contributed by atoms with Gasteiger partial charge in [-0.05, 0) is 54.6 Å². The molecule has 148 valence electrons. The summed E-state index contributed by atoms with van der Waals surface area (Å²) in [5, 5.41) is 8.50. The van der Waals surface area contributed by atoms with Gasteiger partial charge in [-0.25, -0.2) is 0 Å². The molecule has 0 spiro atoms. The highest BCUT2D eigenvalue weighted by molar-refractivity contribution is 5.87. The molecule has 4 aromatic carbocycles. The van der Waals surface area contributed by atoms with Crippen molar-refractivity contribution in [2.45, 2.75) is 0 Å². The highest BCUT2D eigenvalue weighted by Gasteiger charge is 2.25. The predicted molar refractivity (Wildman–Crippen MR) is 120 cm³/mol. The number of anilines is 3. The molecule has 0 aliphatic carbocycles. The third kappa shape index (κ3) is 3.04. The Morgan fingerprint density at radius 1 is 0.548 bits per heavy atom. The van der Waals surface area contributed by atoms with Gasteiger partial charge in [0.25, 0.3) is 0 Å². The summed E-state index contributed by atoms with van der Waals surface area (Å²) in [4.78, 5) is 2.19. The topological polar surface area (TPSA) is 51.4 Å². The molecule has 0 atom stereocenters. The molecule has 31 heavy (non-hydrogen) atoms. The van der Waals surface area contributed by atoms with Crippen molar-refractivity contribution in [1.29, 1.82) is 0 Å². The van der Waals surface area contributed by atoms with Gasteiger partial charge in [-0.3, -0.25) is 0 Å². The maximum Gasteiger partial charge on any atom is 0.248 e.